The molecular formula is C15H15N3O3S. The van der Waals surface area contributed by atoms with Crippen molar-refractivity contribution in [2.75, 3.05) is 0 Å². The van der Waals surface area contributed by atoms with E-state index >= 15 is 0 Å². The predicted molar refractivity (Wildman–Crippen MR) is 84.4 cm³/mol. The quantitative estimate of drug-likeness (QED) is 0.687. The van der Waals surface area contributed by atoms with Crippen molar-refractivity contribution in [2.45, 2.75) is 24.8 Å². The minimum absolute atomic E-state index is 0.0414. The molecule has 0 fully saturated rings. The summed E-state index contributed by atoms with van der Waals surface area (Å²) in [6.07, 6.45) is 1.62. The van der Waals surface area contributed by atoms with Crippen LogP contribution in [-0.4, -0.2) is 24.3 Å². The van der Waals surface area contributed by atoms with E-state index in [-0.39, 0.29) is 16.9 Å². The van der Waals surface area contributed by atoms with Crippen LogP contribution in [0, 0.1) is 13.8 Å². The molecule has 0 aliphatic carbocycles. The van der Waals surface area contributed by atoms with Crippen molar-refractivity contribution in [2.24, 2.45) is 0 Å². The minimum Gasteiger partial charge on any atom is -0.508 e. The van der Waals surface area contributed by atoms with E-state index in [9.17, 15) is 14.1 Å². The molecule has 0 spiro atoms. The number of rotatable bonds is 3. The Bertz CT molecular complexity index is 943. The molecule has 3 aromatic rings. The number of aromatic hydroxyl groups is 1. The highest BCUT2D eigenvalue weighted by molar-refractivity contribution is 7.84. The van der Waals surface area contributed by atoms with Crippen LogP contribution < -0.4 is 5.43 Å². The van der Waals surface area contributed by atoms with Crippen LogP contribution >= 0.6 is 0 Å². The fourth-order valence-electron chi connectivity index (χ4n) is 2.23. The summed E-state index contributed by atoms with van der Waals surface area (Å²) in [5, 5.41) is 9.76. The Labute approximate surface area is 128 Å². The molecule has 7 heteroatoms. The summed E-state index contributed by atoms with van der Waals surface area (Å²) < 4.78 is 12.4. The molecule has 1 atom stereocenters. The number of imidazole rings is 1. The van der Waals surface area contributed by atoms with Gasteiger partial charge in [0, 0.05) is 29.1 Å². The van der Waals surface area contributed by atoms with E-state index in [1.54, 1.807) is 26.1 Å². The minimum atomic E-state index is -1.42. The summed E-state index contributed by atoms with van der Waals surface area (Å²) in [5.41, 5.74) is 3.05. The van der Waals surface area contributed by atoms with Gasteiger partial charge >= 0.3 is 0 Å². The summed E-state index contributed by atoms with van der Waals surface area (Å²) in [5.74, 6) is 0.292. The van der Waals surface area contributed by atoms with Gasteiger partial charge in [0.15, 0.2) is 10.6 Å². The van der Waals surface area contributed by atoms with Gasteiger partial charge in [-0.05, 0) is 26.0 Å². The van der Waals surface area contributed by atoms with Crippen LogP contribution in [0.3, 0.4) is 0 Å². The van der Waals surface area contributed by atoms with Crippen LogP contribution in [0.5, 0.6) is 5.75 Å². The topological polar surface area (TPSA) is 98.8 Å². The molecule has 1 unspecified atom stereocenters. The number of benzene rings is 1. The van der Waals surface area contributed by atoms with Crippen molar-refractivity contribution in [3.63, 3.8) is 0 Å². The maximum Gasteiger partial charge on any atom is 0.197 e. The van der Waals surface area contributed by atoms with Crippen molar-refractivity contribution in [3.8, 4) is 5.75 Å². The third kappa shape index (κ3) is 2.55. The number of pyridine rings is 1. The number of aromatic nitrogens is 3. The highest BCUT2D eigenvalue weighted by Crippen LogP contribution is 2.20. The van der Waals surface area contributed by atoms with Gasteiger partial charge < -0.3 is 15.1 Å². The number of H-pyrrole nitrogens is 2. The standard InChI is InChI=1S/C15H15N3O3S/c1-8-6-16-13(9(2)14(8)20)7-22(21)15-17-11-4-3-10(19)5-12(11)18-15/h3-6,19H,7H2,1-2H3,(H,16,20)(H,17,18). The SMILES string of the molecule is Cc1c[nH]c(CS(=O)c2nc3ccc(O)cc3[nH]2)c(C)c1=O. The van der Waals surface area contributed by atoms with E-state index in [4.69, 9.17) is 0 Å². The van der Waals surface area contributed by atoms with E-state index in [0.717, 1.165) is 0 Å². The van der Waals surface area contributed by atoms with Crippen molar-refractivity contribution in [3.05, 3.63) is 51.4 Å². The highest BCUT2D eigenvalue weighted by atomic mass is 32.2. The third-order valence-corrected chi connectivity index (χ3v) is 4.72. The Balaban J connectivity index is 1.93. The van der Waals surface area contributed by atoms with Crippen LogP contribution in [0.4, 0.5) is 0 Å². The first-order chi connectivity index (χ1) is 10.5. The summed E-state index contributed by atoms with van der Waals surface area (Å²) in [6.45, 7) is 3.45. The number of hydrogen-bond acceptors (Lipinski definition) is 4. The Kier molecular flexibility index (Phi) is 3.58. The van der Waals surface area contributed by atoms with E-state index in [0.29, 0.717) is 33.0 Å². The second kappa shape index (κ2) is 5.42. The van der Waals surface area contributed by atoms with Crippen LogP contribution in [0.1, 0.15) is 16.8 Å². The summed E-state index contributed by atoms with van der Waals surface area (Å²) >= 11 is 0. The summed E-state index contributed by atoms with van der Waals surface area (Å²) in [7, 11) is -1.42. The van der Waals surface area contributed by atoms with Crippen LogP contribution in [0.2, 0.25) is 0 Å². The molecule has 0 amide bonds. The maximum absolute atomic E-state index is 12.4. The largest absolute Gasteiger partial charge is 0.508 e. The average Bonchev–Trinajstić information content (AvgIpc) is 2.91. The fourth-order valence-corrected chi connectivity index (χ4v) is 3.36. The highest BCUT2D eigenvalue weighted by Gasteiger charge is 2.14. The third-order valence-electron chi connectivity index (χ3n) is 3.55. The molecule has 114 valence electrons. The number of fused-ring (bicyclic) bond motifs is 1. The van der Waals surface area contributed by atoms with E-state index in [1.807, 2.05) is 0 Å². The molecule has 3 rings (SSSR count). The predicted octanol–water partition coefficient (Wildman–Crippen LogP) is 1.88. The van der Waals surface area contributed by atoms with Crippen molar-refractivity contribution in [1.82, 2.24) is 15.0 Å². The Morgan fingerprint density at radius 1 is 1.32 bits per heavy atom. The molecule has 0 saturated carbocycles. The van der Waals surface area contributed by atoms with Crippen LogP contribution in [-0.2, 0) is 16.6 Å². The van der Waals surface area contributed by atoms with Crippen molar-refractivity contribution >= 4 is 21.8 Å². The Morgan fingerprint density at radius 3 is 2.86 bits per heavy atom. The molecular weight excluding hydrogens is 302 g/mol. The molecule has 22 heavy (non-hydrogen) atoms. The van der Waals surface area contributed by atoms with Gasteiger partial charge in [-0.2, -0.15) is 0 Å². The first-order valence-corrected chi connectivity index (χ1v) is 8.02. The van der Waals surface area contributed by atoms with Crippen LogP contribution in [0.25, 0.3) is 11.0 Å². The Hall–Kier alpha value is -2.41. The number of phenolic OH excluding ortho intramolecular Hbond substituents is 1. The average molecular weight is 317 g/mol. The zero-order valence-electron chi connectivity index (χ0n) is 12.1. The van der Waals surface area contributed by atoms with E-state index in [1.165, 1.54) is 12.1 Å². The fraction of sp³-hybridized carbons (Fsp3) is 0.200. The molecule has 0 aliphatic rings. The lowest BCUT2D eigenvalue weighted by atomic mass is 10.2. The number of aryl methyl sites for hydroxylation is 1. The molecule has 3 N–H and O–H groups in total. The second-order valence-corrected chi connectivity index (χ2v) is 6.50. The van der Waals surface area contributed by atoms with Gasteiger partial charge in [0.05, 0.1) is 27.6 Å². The molecule has 0 saturated heterocycles. The van der Waals surface area contributed by atoms with Crippen molar-refractivity contribution in [1.29, 1.82) is 0 Å². The number of aromatic amines is 2. The lowest BCUT2D eigenvalue weighted by molar-refractivity contribution is 0.476. The lowest BCUT2D eigenvalue weighted by Crippen LogP contribution is -2.14. The summed E-state index contributed by atoms with van der Waals surface area (Å²) in [4.78, 5) is 22.1. The molecule has 2 aromatic heterocycles. The second-order valence-electron chi connectivity index (χ2n) is 5.14. The number of phenols is 1. The molecule has 0 bridgehead atoms. The monoisotopic (exact) mass is 317 g/mol. The zero-order chi connectivity index (χ0) is 15.9. The first-order valence-electron chi connectivity index (χ1n) is 6.70. The molecule has 0 radical (unpaired) electrons. The maximum atomic E-state index is 12.4. The normalized spacial score (nSPS) is 12.6. The summed E-state index contributed by atoms with van der Waals surface area (Å²) in [6, 6.07) is 4.71. The molecule has 2 heterocycles. The van der Waals surface area contributed by atoms with Gasteiger partial charge in [-0.1, -0.05) is 0 Å². The first kappa shape index (κ1) is 14.5. The van der Waals surface area contributed by atoms with Gasteiger partial charge in [-0.3, -0.25) is 9.00 Å². The smallest absolute Gasteiger partial charge is 0.197 e. The van der Waals surface area contributed by atoms with E-state index in [2.05, 4.69) is 15.0 Å². The van der Waals surface area contributed by atoms with Crippen molar-refractivity contribution < 1.29 is 9.32 Å². The number of hydrogen-bond donors (Lipinski definition) is 3. The lowest BCUT2D eigenvalue weighted by Gasteiger charge is -2.05. The zero-order valence-corrected chi connectivity index (χ0v) is 13.0. The van der Waals surface area contributed by atoms with Gasteiger partial charge in [0.25, 0.3) is 0 Å². The van der Waals surface area contributed by atoms with Gasteiger partial charge in [-0.25, -0.2) is 4.98 Å². The molecule has 6 nitrogen and oxygen atoms in total. The number of nitrogens with one attached hydrogen (secondary N) is 2. The van der Waals surface area contributed by atoms with Gasteiger partial charge in [-0.15, -0.1) is 0 Å². The number of nitrogens with zero attached hydrogens (tertiary/aromatic N) is 1. The molecule has 0 aliphatic heterocycles. The van der Waals surface area contributed by atoms with E-state index < -0.39 is 10.8 Å². The van der Waals surface area contributed by atoms with Gasteiger partial charge in [0.2, 0.25) is 0 Å². The molecule has 1 aromatic carbocycles. The Morgan fingerprint density at radius 2 is 2.09 bits per heavy atom. The van der Waals surface area contributed by atoms with Crippen LogP contribution in [0.15, 0.2) is 34.3 Å². The van der Waals surface area contributed by atoms with Gasteiger partial charge in [0.1, 0.15) is 5.75 Å².